The summed E-state index contributed by atoms with van der Waals surface area (Å²) in [4.78, 5) is 4.47. The summed E-state index contributed by atoms with van der Waals surface area (Å²) in [6, 6.07) is 6.76. The van der Waals surface area contributed by atoms with E-state index in [0.29, 0.717) is 29.7 Å². The Morgan fingerprint density at radius 2 is 1.85 bits per heavy atom. The number of nitrogens with two attached hydrogens (primary N) is 1. The lowest BCUT2D eigenvalue weighted by atomic mass is 10.2. The second kappa shape index (κ2) is 5.03. The Balaban J connectivity index is 2.16. The second-order valence-electron chi connectivity index (χ2n) is 5.02. The average molecular weight is 291 g/mol. The van der Waals surface area contributed by atoms with E-state index in [-0.39, 0.29) is 4.90 Å². The number of rotatable bonds is 2. The molecule has 0 bridgehead atoms. The van der Waals surface area contributed by atoms with E-state index in [0.717, 1.165) is 19.3 Å². The average Bonchev–Trinajstić information content (AvgIpc) is 2.48. The highest BCUT2D eigenvalue weighted by Crippen LogP contribution is 2.29. The zero-order valence-electron chi connectivity index (χ0n) is 11.1. The first kappa shape index (κ1) is 13.3. The number of hydrogen-bond donors (Lipinski definition) is 1. The van der Waals surface area contributed by atoms with Gasteiger partial charge in [0.1, 0.15) is 4.90 Å². The van der Waals surface area contributed by atoms with Crippen LogP contribution in [0.1, 0.15) is 19.3 Å². The van der Waals surface area contributed by atoms with Crippen molar-refractivity contribution in [3.05, 3.63) is 30.5 Å². The van der Waals surface area contributed by atoms with E-state index in [1.165, 1.54) is 0 Å². The van der Waals surface area contributed by atoms with Crippen LogP contribution in [0.5, 0.6) is 0 Å². The van der Waals surface area contributed by atoms with Gasteiger partial charge in [-0.05, 0) is 37.1 Å². The molecule has 3 rings (SSSR count). The smallest absolute Gasteiger partial charge is 0.245 e. The number of benzene rings is 1. The van der Waals surface area contributed by atoms with Crippen LogP contribution in [-0.4, -0.2) is 30.8 Å². The van der Waals surface area contributed by atoms with Crippen LogP contribution in [0.4, 0.5) is 5.69 Å². The Labute approximate surface area is 118 Å². The third-order valence-corrected chi connectivity index (χ3v) is 5.63. The summed E-state index contributed by atoms with van der Waals surface area (Å²) in [5.41, 5.74) is 6.90. The summed E-state index contributed by atoms with van der Waals surface area (Å²) in [5.74, 6) is 0. The molecule has 5 nitrogen and oxygen atoms in total. The van der Waals surface area contributed by atoms with Crippen molar-refractivity contribution in [3.8, 4) is 0 Å². The van der Waals surface area contributed by atoms with Gasteiger partial charge in [0, 0.05) is 30.4 Å². The molecule has 1 fully saturated rings. The van der Waals surface area contributed by atoms with Crippen LogP contribution < -0.4 is 5.73 Å². The molecule has 0 amide bonds. The molecule has 0 aliphatic carbocycles. The van der Waals surface area contributed by atoms with Gasteiger partial charge in [0.05, 0.1) is 5.52 Å². The minimum Gasteiger partial charge on any atom is -0.398 e. The molecule has 2 aromatic rings. The van der Waals surface area contributed by atoms with E-state index in [9.17, 15) is 8.42 Å². The quantitative estimate of drug-likeness (QED) is 0.858. The molecule has 2 N–H and O–H groups in total. The minimum absolute atomic E-state index is 0.254. The number of aromatic nitrogens is 1. The highest BCUT2D eigenvalue weighted by molar-refractivity contribution is 7.89. The zero-order valence-corrected chi connectivity index (χ0v) is 11.9. The summed E-state index contributed by atoms with van der Waals surface area (Å²) in [5, 5.41) is 0.686. The zero-order chi connectivity index (χ0) is 14.2. The minimum atomic E-state index is -3.49. The molecule has 0 unspecified atom stereocenters. The summed E-state index contributed by atoms with van der Waals surface area (Å²) < 4.78 is 27.1. The first-order valence-corrected chi connectivity index (χ1v) is 8.18. The Bertz CT molecular complexity index is 737. The normalized spacial score (nSPS) is 17.4. The molecule has 1 aromatic heterocycles. The first-order chi connectivity index (χ1) is 9.60. The van der Waals surface area contributed by atoms with Gasteiger partial charge >= 0.3 is 0 Å². The van der Waals surface area contributed by atoms with Crippen molar-refractivity contribution in [2.24, 2.45) is 0 Å². The van der Waals surface area contributed by atoms with Crippen molar-refractivity contribution < 1.29 is 8.42 Å². The molecule has 0 spiro atoms. The lowest BCUT2D eigenvalue weighted by Crippen LogP contribution is -2.35. The molecule has 6 heteroatoms. The molecule has 1 aliphatic heterocycles. The van der Waals surface area contributed by atoms with Gasteiger partial charge in [-0.2, -0.15) is 4.31 Å². The fourth-order valence-electron chi connectivity index (χ4n) is 2.62. The molecule has 20 heavy (non-hydrogen) atoms. The number of anilines is 1. The largest absolute Gasteiger partial charge is 0.398 e. The highest BCUT2D eigenvalue weighted by Gasteiger charge is 2.28. The third-order valence-electron chi connectivity index (χ3n) is 3.70. The maximum Gasteiger partial charge on any atom is 0.245 e. The molecular weight excluding hydrogens is 274 g/mol. The van der Waals surface area contributed by atoms with Crippen molar-refractivity contribution in [1.29, 1.82) is 0 Å². The first-order valence-electron chi connectivity index (χ1n) is 6.74. The van der Waals surface area contributed by atoms with Crippen LogP contribution in [0.25, 0.3) is 10.9 Å². The molecule has 0 atom stereocenters. The highest BCUT2D eigenvalue weighted by atomic mass is 32.2. The molecule has 0 radical (unpaired) electrons. The summed E-state index contributed by atoms with van der Waals surface area (Å²) in [6.45, 7) is 1.17. The lowest BCUT2D eigenvalue weighted by Gasteiger charge is -2.26. The Kier molecular flexibility index (Phi) is 3.35. The SMILES string of the molecule is Nc1ccc(S(=O)(=O)N2CCCCC2)c2ncccc12. The topological polar surface area (TPSA) is 76.3 Å². The number of nitrogens with zero attached hydrogens (tertiary/aromatic N) is 2. The molecule has 1 aliphatic rings. The number of fused-ring (bicyclic) bond motifs is 1. The van der Waals surface area contributed by atoms with E-state index in [2.05, 4.69) is 4.98 Å². The van der Waals surface area contributed by atoms with Gasteiger partial charge in [-0.1, -0.05) is 6.42 Å². The van der Waals surface area contributed by atoms with Crippen molar-refractivity contribution >= 4 is 26.6 Å². The predicted molar refractivity (Wildman–Crippen MR) is 78.8 cm³/mol. The number of piperidine rings is 1. The van der Waals surface area contributed by atoms with E-state index >= 15 is 0 Å². The van der Waals surface area contributed by atoms with Gasteiger partial charge in [-0.3, -0.25) is 4.98 Å². The monoisotopic (exact) mass is 291 g/mol. The van der Waals surface area contributed by atoms with Gasteiger partial charge in [0.15, 0.2) is 0 Å². The predicted octanol–water partition coefficient (Wildman–Crippen LogP) is 1.99. The summed E-state index contributed by atoms with van der Waals surface area (Å²) in [7, 11) is -3.49. The van der Waals surface area contributed by atoms with Crippen LogP contribution >= 0.6 is 0 Å². The molecule has 0 saturated carbocycles. The molecule has 1 aromatic carbocycles. The number of nitrogen functional groups attached to an aromatic ring is 1. The van der Waals surface area contributed by atoms with Crippen LogP contribution in [0.15, 0.2) is 35.4 Å². The summed E-state index contributed by atoms with van der Waals surface area (Å²) in [6.07, 6.45) is 4.52. The Morgan fingerprint density at radius 3 is 2.60 bits per heavy atom. The van der Waals surface area contributed by atoms with Crippen molar-refractivity contribution in [2.45, 2.75) is 24.2 Å². The maximum absolute atomic E-state index is 12.8. The molecule has 2 heterocycles. The van der Waals surface area contributed by atoms with Gasteiger partial charge in [0.25, 0.3) is 0 Å². The molecule has 106 valence electrons. The standard InChI is InChI=1S/C14H17N3O2S/c15-12-6-7-13(14-11(12)5-4-8-16-14)20(18,19)17-9-2-1-3-10-17/h4-8H,1-3,9-10,15H2. The van der Waals surface area contributed by atoms with Crippen molar-refractivity contribution in [1.82, 2.24) is 9.29 Å². The third kappa shape index (κ3) is 2.14. The molecular formula is C14H17N3O2S. The van der Waals surface area contributed by atoms with Crippen molar-refractivity contribution in [2.75, 3.05) is 18.8 Å². The molecule has 1 saturated heterocycles. The Morgan fingerprint density at radius 1 is 1.10 bits per heavy atom. The van der Waals surface area contributed by atoms with Crippen LogP contribution in [0, 0.1) is 0 Å². The summed E-state index contributed by atoms with van der Waals surface area (Å²) >= 11 is 0. The van der Waals surface area contributed by atoms with E-state index in [1.807, 2.05) is 0 Å². The number of hydrogen-bond acceptors (Lipinski definition) is 4. The lowest BCUT2D eigenvalue weighted by molar-refractivity contribution is 0.347. The van der Waals surface area contributed by atoms with Crippen LogP contribution in [0.2, 0.25) is 0 Å². The fourth-order valence-corrected chi connectivity index (χ4v) is 4.29. The van der Waals surface area contributed by atoms with E-state index < -0.39 is 10.0 Å². The van der Waals surface area contributed by atoms with Crippen molar-refractivity contribution in [3.63, 3.8) is 0 Å². The van der Waals surface area contributed by atoms with Gasteiger partial charge in [-0.25, -0.2) is 8.42 Å². The van der Waals surface area contributed by atoms with E-state index in [1.54, 1.807) is 34.8 Å². The van der Waals surface area contributed by atoms with Gasteiger partial charge in [0.2, 0.25) is 10.0 Å². The van der Waals surface area contributed by atoms with E-state index in [4.69, 9.17) is 5.73 Å². The van der Waals surface area contributed by atoms with Crippen LogP contribution in [0.3, 0.4) is 0 Å². The fraction of sp³-hybridized carbons (Fsp3) is 0.357. The Hall–Kier alpha value is -1.66. The maximum atomic E-state index is 12.8. The number of pyridine rings is 1. The second-order valence-corrected chi connectivity index (χ2v) is 6.92. The van der Waals surface area contributed by atoms with Crippen LogP contribution in [-0.2, 0) is 10.0 Å². The number of sulfonamides is 1. The van der Waals surface area contributed by atoms with Gasteiger partial charge in [-0.15, -0.1) is 0 Å². The van der Waals surface area contributed by atoms with Gasteiger partial charge < -0.3 is 5.73 Å².